The number of pyridine rings is 1. The molecule has 5 rings (SSSR count). The van der Waals surface area contributed by atoms with E-state index >= 15 is 0 Å². The number of nitrogens with one attached hydrogen (secondary N) is 3. The number of alkyl halides is 3. The van der Waals surface area contributed by atoms with Crippen LogP contribution in [0.3, 0.4) is 0 Å². The minimum atomic E-state index is -2.94. The van der Waals surface area contributed by atoms with Gasteiger partial charge >= 0.3 is 0 Å². The fraction of sp³-hybridized carbons (Fsp3) is 0.414. The van der Waals surface area contributed by atoms with E-state index in [4.69, 9.17) is 4.74 Å². The Hall–Kier alpha value is -3.49. The number of anilines is 2. The van der Waals surface area contributed by atoms with Crippen LogP contribution in [-0.4, -0.2) is 73.5 Å². The zero-order valence-electron chi connectivity index (χ0n) is 22.6. The number of piperidine rings is 1. The second-order valence-electron chi connectivity index (χ2n) is 10.0. The summed E-state index contributed by atoms with van der Waals surface area (Å²) in [6, 6.07) is 10.2. The highest BCUT2D eigenvalue weighted by Gasteiger charge is 2.36. The number of aryl methyl sites for hydroxylation is 1. The Bertz CT molecular complexity index is 1480. The molecule has 11 heteroatoms. The second-order valence-corrected chi connectivity index (χ2v) is 11.2. The van der Waals surface area contributed by atoms with Crippen LogP contribution >= 0.6 is 11.8 Å². The molecule has 3 aromatic rings. The van der Waals surface area contributed by atoms with Crippen molar-refractivity contribution < 1.29 is 22.7 Å². The first kappa shape index (κ1) is 28.1. The number of hydrogen-bond donors (Lipinski definition) is 3. The molecule has 2 aliphatic heterocycles. The van der Waals surface area contributed by atoms with Crippen molar-refractivity contribution >= 4 is 34.6 Å². The van der Waals surface area contributed by atoms with Crippen molar-refractivity contribution in [2.45, 2.75) is 41.8 Å². The van der Waals surface area contributed by atoms with Gasteiger partial charge in [0.2, 0.25) is 0 Å². The van der Waals surface area contributed by atoms with E-state index < -0.39 is 11.4 Å². The van der Waals surface area contributed by atoms with Gasteiger partial charge in [-0.2, -0.15) is 8.78 Å². The first-order valence-electron chi connectivity index (χ1n) is 13.2. The van der Waals surface area contributed by atoms with Crippen LogP contribution in [-0.2, 0) is 6.42 Å². The maximum atomic E-state index is 14.8. The minimum Gasteiger partial charge on any atom is -0.495 e. The number of ether oxygens (including phenoxy) is 1. The average molecular weight is 572 g/mol. The molecule has 1 fully saturated rings. The molecule has 0 radical (unpaired) electrons. The molecule has 212 valence electrons. The molecule has 40 heavy (non-hydrogen) atoms. The number of hydrogen-bond acceptors (Lipinski definition) is 6. The highest BCUT2D eigenvalue weighted by molar-refractivity contribution is 8.00. The highest BCUT2D eigenvalue weighted by Crippen LogP contribution is 2.45. The van der Waals surface area contributed by atoms with Gasteiger partial charge in [0.05, 0.1) is 42.2 Å². The number of thioether (sulfide) groups is 1. The van der Waals surface area contributed by atoms with E-state index in [2.05, 4.69) is 27.8 Å². The number of rotatable bonds is 6. The lowest BCUT2D eigenvalue weighted by Gasteiger charge is -2.33. The van der Waals surface area contributed by atoms with Crippen LogP contribution in [0, 0.1) is 11.8 Å². The van der Waals surface area contributed by atoms with Crippen molar-refractivity contribution in [3.05, 3.63) is 53.2 Å². The molecule has 0 spiro atoms. The maximum Gasteiger partial charge on any atom is 0.299 e. The van der Waals surface area contributed by atoms with Crippen LogP contribution in [0.4, 0.5) is 24.5 Å². The number of methoxy groups -OCH3 is 1. The molecule has 0 bridgehead atoms. The second kappa shape index (κ2) is 11.6. The smallest absolute Gasteiger partial charge is 0.299 e. The van der Waals surface area contributed by atoms with E-state index in [1.807, 2.05) is 34.5 Å². The maximum absolute atomic E-state index is 14.8. The van der Waals surface area contributed by atoms with Gasteiger partial charge in [0.15, 0.2) is 0 Å². The predicted octanol–water partition coefficient (Wildman–Crippen LogP) is 4.86. The standard InChI is InChI=1S/C29H32F3N5O2S/c1-33-27(38)18-6-8-24(26(16-18)39-3)34-13-4-5-19-15-25-23(35-22-11-14-36(2)17-21(22)30)9-7-20-10-12-29(31,32)40-28(19)37(20)25/h6-9,15-16,21-22,34-35H,10-14,17H2,1-3H3,(H,33,38)/t21-,22+/m1/s1. The lowest BCUT2D eigenvalue weighted by molar-refractivity contribution is 0.0957. The van der Waals surface area contributed by atoms with Crippen LogP contribution in [0.5, 0.6) is 5.75 Å². The van der Waals surface area contributed by atoms with E-state index in [1.165, 1.54) is 7.11 Å². The van der Waals surface area contributed by atoms with Gasteiger partial charge in [-0.05, 0) is 68.0 Å². The van der Waals surface area contributed by atoms with Gasteiger partial charge in [0, 0.05) is 37.8 Å². The quantitative estimate of drug-likeness (QED) is 0.368. The summed E-state index contributed by atoms with van der Waals surface area (Å²) in [7, 11) is 4.97. The zero-order valence-corrected chi connectivity index (χ0v) is 23.4. The SMILES string of the molecule is CNC(=O)c1ccc(NCC#Cc2cc3c(N[C@H]4CCN(C)C[C@H]4F)ccc4n3c2SC(F)(F)CC4)c(OC)c1. The van der Waals surface area contributed by atoms with E-state index in [-0.39, 0.29) is 31.3 Å². The van der Waals surface area contributed by atoms with Gasteiger partial charge in [0.1, 0.15) is 16.9 Å². The van der Waals surface area contributed by atoms with Gasteiger partial charge in [-0.15, -0.1) is 0 Å². The molecule has 1 aromatic carbocycles. The normalized spacial score (nSPS) is 20.2. The molecule has 3 N–H and O–H groups in total. The van der Waals surface area contributed by atoms with Gasteiger partial charge < -0.3 is 30.0 Å². The van der Waals surface area contributed by atoms with Crippen LogP contribution in [0.15, 0.2) is 41.4 Å². The molecule has 2 aromatic heterocycles. The average Bonchev–Trinajstić information content (AvgIpc) is 3.21. The fourth-order valence-electron chi connectivity index (χ4n) is 5.11. The molecule has 0 saturated carbocycles. The Morgan fingerprint density at radius 1 is 1.23 bits per heavy atom. The van der Waals surface area contributed by atoms with Crippen molar-refractivity contribution in [2.24, 2.45) is 0 Å². The number of likely N-dealkylation sites (tertiary alicyclic amines) is 1. The van der Waals surface area contributed by atoms with Crippen LogP contribution in [0.1, 0.15) is 34.5 Å². The summed E-state index contributed by atoms with van der Waals surface area (Å²) in [5.74, 6) is 6.37. The van der Waals surface area contributed by atoms with E-state index in [0.29, 0.717) is 63.5 Å². The number of carbonyl (C=O) groups is 1. The van der Waals surface area contributed by atoms with Gasteiger partial charge in [-0.3, -0.25) is 4.79 Å². The Morgan fingerprint density at radius 3 is 2.77 bits per heavy atom. The third kappa shape index (κ3) is 5.83. The van der Waals surface area contributed by atoms with Crippen molar-refractivity contribution in [2.75, 3.05) is 51.5 Å². The van der Waals surface area contributed by atoms with Crippen molar-refractivity contribution in [1.82, 2.24) is 14.6 Å². The summed E-state index contributed by atoms with van der Waals surface area (Å²) in [5.41, 5.74) is 3.80. The third-order valence-corrected chi connectivity index (χ3v) is 8.34. The summed E-state index contributed by atoms with van der Waals surface area (Å²) >= 11 is 0.524. The third-order valence-electron chi connectivity index (χ3n) is 7.25. The lowest BCUT2D eigenvalue weighted by atomic mass is 10.0. The number of halogens is 3. The van der Waals surface area contributed by atoms with Crippen molar-refractivity contribution in [3.63, 3.8) is 0 Å². The highest BCUT2D eigenvalue weighted by atomic mass is 32.2. The Kier molecular flexibility index (Phi) is 8.10. The van der Waals surface area contributed by atoms with E-state index in [0.717, 1.165) is 12.2 Å². The number of nitrogens with zero attached hydrogens (tertiary/aromatic N) is 2. The summed E-state index contributed by atoms with van der Waals surface area (Å²) in [6.07, 6.45) is -0.436. The molecule has 4 heterocycles. The Morgan fingerprint density at radius 2 is 2.02 bits per heavy atom. The van der Waals surface area contributed by atoms with Crippen LogP contribution in [0.25, 0.3) is 5.52 Å². The van der Waals surface area contributed by atoms with Gasteiger partial charge in [0.25, 0.3) is 11.2 Å². The number of amides is 1. The number of carbonyl (C=O) groups excluding carboxylic acids is 1. The molecule has 2 aliphatic rings. The lowest BCUT2D eigenvalue weighted by Crippen LogP contribution is -2.46. The van der Waals surface area contributed by atoms with Crippen molar-refractivity contribution in [1.29, 1.82) is 0 Å². The predicted molar refractivity (Wildman–Crippen MR) is 153 cm³/mol. The van der Waals surface area contributed by atoms with Gasteiger partial charge in [-0.1, -0.05) is 11.8 Å². The molecular weight excluding hydrogens is 539 g/mol. The molecule has 1 amide bonds. The summed E-state index contributed by atoms with van der Waals surface area (Å²) in [4.78, 5) is 13.9. The first-order chi connectivity index (χ1) is 19.2. The molecule has 1 saturated heterocycles. The van der Waals surface area contributed by atoms with Crippen LogP contribution < -0.4 is 20.7 Å². The molecular formula is C29H32F3N5O2S. The first-order valence-corrected chi connectivity index (χ1v) is 14.0. The number of benzene rings is 1. The minimum absolute atomic E-state index is 0.221. The molecule has 2 atom stereocenters. The van der Waals surface area contributed by atoms with E-state index in [1.54, 1.807) is 25.2 Å². The van der Waals surface area contributed by atoms with Gasteiger partial charge in [-0.25, -0.2) is 4.39 Å². The number of aromatic nitrogens is 1. The Balaban J connectivity index is 1.43. The van der Waals surface area contributed by atoms with Crippen molar-refractivity contribution in [3.8, 4) is 17.6 Å². The summed E-state index contributed by atoms with van der Waals surface area (Å²) in [6.45, 7) is 1.35. The monoisotopic (exact) mass is 571 g/mol. The zero-order chi connectivity index (χ0) is 28.4. The Labute approximate surface area is 235 Å². The topological polar surface area (TPSA) is 70.0 Å². The molecule has 0 aliphatic carbocycles. The summed E-state index contributed by atoms with van der Waals surface area (Å²) < 4.78 is 51.6. The molecule has 7 nitrogen and oxygen atoms in total. The van der Waals surface area contributed by atoms with Crippen LogP contribution in [0.2, 0.25) is 0 Å². The largest absolute Gasteiger partial charge is 0.495 e. The fourth-order valence-corrected chi connectivity index (χ4v) is 6.12. The van der Waals surface area contributed by atoms with E-state index in [9.17, 15) is 18.0 Å². The summed E-state index contributed by atoms with van der Waals surface area (Å²) in [5, 5.41) is 6.54. The molecule has 0 unspecified atom stereocenters.